The minimum atomic E-state index is -0.0217. The highest BCUT2D eigenvalue weighted by atomic mass is 32.2. The molecule has 2 aliphatic rings. The zero-order valence-corrected chi connectivity index (χ0v) is 13.1. The van der Waals surface area contributed by atoms with Crippen LogP contribution in [0.5, 0.6) is 0 Å². The third-order valence-electron chi connectivity index (χ3n) is 4.30. The van der Waals surface area contributed by atoms with Gasteiger partial charge in [-0.3, -0.25) is 4.79 Å². The number of anilines is 1. The van der Waals surface area contributed by atoms with Gasteiger partial charge in [-0.2, -0.15) is 0 Å². The van der Waals surface area contributed by atoms with E-state index in [1.807, 2.05) is 18.2 Å². The molecule has 2 aromatic rings. The van der Waals surface area contributed by atoms with Crippen LogP contribution in [0.3, 0.4) is 0 Å². The van der Waals surface area contributed by atoms with Gasteiger partial charge < -0.3 is 10.6 Å². The molecule has 0 aromatic heterocycles. The van der Waals surface area contributed by atoms with Crippen LogP contribution in [0.15, 0.2) is 47.4 Å². The smallest absolute Gasteiger partial charge is 0.238 e. The number of rotatable bonds is 2. The highest BCUT2D eigenvalue weighted by Gasteiger charge is 2.28. The molecule has 2 N–H and O–H groups in total. The Morgan fingerprint density at radius 2 is 2.05 bits per heavy atom. The average molecular weight is 310 g/mol. The summed E-state index contributed by atoms with van der Waals surface area (Å²) in [5.41, 5.74) is 4.87. The molecular weight excluding hydrogens is 292 g/mol. The second-order valence-electron chi connectivity index (χ2n) is 5.82. The minimum absolute atomic E-state index is 0.0217. The average Bonchev–Trinajstić information content (AvgIpc) is 2.99. The first-order valence-corrected chi connectivity index (χ1v) is 8.55. The Morgan fingerprint density at radius 3 is 2.95 bits per heavy atom. The van der Waals surface area contributed by atoms with Gasteiger partial charge in [0.25, 0.3) is 0 Å². The van der Waals surface area contributed by atoms with Crippen LogP contribution in [0.2, 0.25) is 0 Å². The first-order valence-electron chi connectivity index (χ1n) is 7.67. The number of carbonyl (C=O) groups excluding carboxylic acids is 1. The van der Waals surface area contributed by atoms with E-state index in [2.05, 4.69) is 34.9 Å². The lowest BCUT2D eigenvalue weighted by Crippen LogP contribution is -2.26. The van der Waals surface area contributed by atoms with E-state index in [4.69, 9.17) is 0 Å². The number of hydrogen-bond donors (Lipinski definition) is 2. The van der Waals surface area contributed by atoms with Gasteiger partial charge in [0.2, 0.25) is 5.91 Å². The summed E-state index contributed by atoms with van der Waals surface area (Å²) in [5.74, 6) is 0.102. The molecule has 1 atom stereocenters. The predicted octanol–water partition coefficient (Wildman–Crippen LogP) is 2.99. The van der Waals surface area contributed by atoms with E-state index < -0.39 is 0 Å². The van der Waals surface area contributed by atoms with Gasteiger partial charge in [-0.05, 0) is 54.3 Å². The van der Waals surface area contributed by atoms with E-state index in [9.17, 15) is 4.79 Å². The molecule has 0 fully saturated rings. The molecule has 2 aromatic carbocycles. The molecule has 0 saturated carbocycles. The Labute approximate surface area is 134 Å². The maximum atomic E-state index is 12.5. The zero-order valence-electron chi connectivity index (χ0n) is 12.3. The van der Waals surface area contributed by atoms with Crippen LogP contribution in [0, 0.1) is 0 Å². The Bertz CT molecular complexity index is 704. The largest absolute Gasteiger partial charge is 0.325 e. The molecule has 2 heterocycles. The summed E-state index contributed by atoms with van der Waals surface area (Å²) in [5, 5.41) is 6.43. The van der Waals surface area contributed by atoms with Gasteiger partial charge in [-0.1, -0.05) is 24.3 Å². The van der Waals surface area contributed by atoms with Crippen LogP contribution >= 0.6 is 11.8 Å². The number of benzene rings is 2. The quantitative estimate of drug-likeness (QED) is 0.896. The SMILES string of the molecule is O=C(Nc1ccc2c(c1)CNCC2)C1Cc2ccccc2S1. The van der Waals surface area contributed by atoms with Gasteiger partial charge in [0, 0.05) is 17.1 Å². The van der Waals surface area contributed by atoms with E-state index in [1.54, 1.807) is 11.8 Å². The van der Waals surface area contributed by atoms with Gasteiger partial charge in [0.1, 0.15) is 0 Å². The van der Waals surface area contributed by atoms with Crippen LogP contribution in [-0.2, 0) is 24.2 Å². The number of amides is 1. The fourth-order valence-corrected chi connectivity index (χ4v) is 4.30. The monoisotopic (exact) mass is 310 g/mol. The van der Waals surface area contributed by atoms with Crippen molar-refractivity contribution in [2.75, 3.05) is 11.9 Å². The summed E-state index contributed by atoms with van der Waals surface area (Å²) in [6.45, 7) is 1.93. The first kappa shape index (κ1) is 13.9. The maximum Gasteiger partial charge on any atom is 0.238 e. The summed E-state index contributed by atoms with van der Waals surface area (Å²) in [4.78, 5) is 13.7. The van der Waals surface area contributed by atoms with Crippen molar-refractivity contribution in [3.05, 3.63) is 59.2 Å². The van der Waals surface area contributed by atoms with Crippen LogP contribution in [0.1, 0.15) is 16.7 Å². The Morgan fingerprint density at radius 1 is 1.14 bits per heavy atom. The minimum Gasteiger partial charge on any atom is -0.325 e. The van der Waals surface area contributed by atoms with Crippen LogP contribution in [0.4, 0.5) is 5.69 Å². The van der Waals surface area contributed by atoms with Crippen LogP contribution < -0.4 is 10.6 Å². The Kier molecular flexibility index (Phi) is 3.64. The topological polar surface area (TPSA) is 41.1 Å². The van der Waals surface area contributed by atoms with Gasteiger partial charge in [-0.15, -0.1) is 11.8 Å². The zero-order chi connectivity index (χ0) is 14.9. The lowest BCUT2D eigenvalue weighted by Gasteiger charge is -2.18. The highest BCUT2D eigenvalue weighted by Crippen LogP contribution is 2.37. The summed E-state index contributed by atoms with van der Waals surface area (Å²) in [6, 6.07) is 14.5. The number of nitrogens with one attached hydrogen (secondary N) is 2. The molecule has 112 valence electrons. The molecular formula is C18H18N2OS. The molecule has 22 heavy (non-hydrogen) atoms. The molecule has 0 bridgehead atoms. The van der Waals surface area contributed by atoms with Crippen LogP contribution in [-0.4, -0.2) is 17.7 Å². The lowest BCUT2D eigenvalue weighted by molar-refractivity contribution is -0.115. The number of thioether (sulfide) groups is 1. The van der Waals surface area contributed by atoms with Crippen molar-refractivity contribution in [2.24, 2.45) is 0 Å². The maximum absolute atomic E-state index is 12.5. The molecule has 4 rings (SSSR count). The molecule has 4 heteroatoms. The summed E-state index contributed by atoms with van der Waals surface area (Å²) in [7, 11) is 0. The predicted molar refractivity (Wildman–Crippen MR) is 90.3 cm³/mol. The van der Waals surface area contributed by atoms with Crippen molar-refractivity contribution in [3.63, 3.8) is 0 Å². The molecule has 1 amide bonds. The Balaban J connectivity index is 1.47. The van der Waals surface area contributed by atoms with Crippen molar-refractivity contribution in [1.29, 1.82) is 0 Å². The third kappa shape index (κ3) is 2.64. The van der Waals surface area contributed by atoms with Gasteiger partial charge in [-0.25, -0.2) is 0 Å². The first-order chi connectivity index (χ1) is 10.8. The molecule has 0 spiro atoms. The Hall–Kier alpha value is -1.78. The van der Waals surface area contributed by atoms with E-state index in [-0.39, 0.29) is 11.2 Å². The van der Waals surface area contributed by atoms with Gasteiger partial charge in [0.05, 0.1) is 5.25 Å². The standard InChI is InChI=1S/C18H18N2OS/c21-18(17-10-13-3-1-2-4-16(13)22-17)20-15-6-5-12-7-8-19-11-14(12)9-15/h1-6,9,17,19H,7-8,10-11H2,(H,20,21). The number of hydrogen-bond acceptors (Lipinski definition) is 3. The van der Waals surface area contributed by atoms with E-state index in [0.717, 1.165) is 31.6 Å². The second kappa shape index (κ2) is 5.78. The third-order valence-corrected chi connectivity index (χ3v) is 5.62. The fraction of sp³-hybridized carbons (Fsp3) is 0.278. The number of carbonyl (C=O) groups is 1. The molecule has 0 aliphatic carbocycles. The normalized spacial score (nSPS) is 19.4. The summed E-state index contributed by atoms with van der Waals surface area (Å²) >= 11 is 1.67. The van der Waals surface area contributed by atoms with Gasteiger partial charge in [0.15, 0.2) is 0 Å². The summed E-state index contributed by atoms with van der Waals surface area (Å²) in [6.07, 6.45) is 1.89. The molecule has 0 saturated heterocycles. The van der Waals surface area contributed by atoms with E-state index in [0.29, 0.717) is 0 Å². The summed E-state index contributed by atoms with van der Waals surface area (Å²) < 4.78 is 0. The lowest BCUT2D eigenvalue weighted by atomic mass is 10.0. The van der Waals surface area contributed by atoms with Crippen molar-refractivity contribution in [1.82, 2.24) is 5.32 Å². The van der Waals surface area contributed by atoms with E-state index >= 15 is 0 Å². The molecule has 1 unspecified atom stereocenters. The number of fused-ring (bicyclic) bond motifs is 2. The second-order valence-corrected chi connectivity index (χ2v) is 7.06. The van der Waals surface area contributed by atoms with Crippen molar-refractivity contribution in [3.8, 4) is 0 Å². The molecule has 0 radical (unpaired) electrons. The van der Waals surface area contributed by atoms with Gasteiger partial charge >= 0.3 is 0 Å². The molecule has 3 nitrogen and oxygen atoms in total. The fourth-order valence-electron chi connectivity index (χ4n) is 3.11. The molecule has 2 aliphatic heterocycles. The highest BCUT2D eigenvalue weighted by molar-refractivity contribution is 8.01. The van der Waals surface area contributed by atoms with Crippen molar-refractivity contribution in [2.45, 2.75) is 29.5 Å². The van der Waals surface area contributed by atoms with Crippen molar-refractivity contribution < 1.29 is 4.79 Å². The van der Waals surface area contributed by atoms with Crippen LogP contribution in [0.25, 0.3) is 0 Å². The van der Waals surface area contributed by atoms with Crippen molar-refractivity contribution >= 4 is 23.4 Å². The van der Waals surface area contributed by atoms with E-state index in [1.165, 1.54) is 21.6 Å².